The van der Waals surface area contributed by atoms with Crippen LogP contribution in [0.3, 0.4) is 0 Å². The van der Waals surface area contributed by atoms with Crippen molar-refractivity contribution in [2.75, 3.05) is 45.9 Å². The molecule has 0 spiro atoms. The number of ether oxygens (including phenoxy) is 1. The molecule has 0 saturated carbocycles. The number of piperazine rings is 1. The fourth-order valence-corrected chi connectivity index (χ4v) is 2.98. The highest BCUT2D eigenvalue weighted by atomic mass is 16.5. The predicted molar refractivity (Wildman–Crippen MR) is 98.0 cm³/mol. The van der Waals surface area contributed by atoms with Gasteiger partial charge in [0, 0.05) is 45.9 Å². The monoisotopic (exact) mass is 318 g/mol. The number of nitrogens with zero attached hydrogens (tertiary/aromatic N) is 2. The molecule has 0 aliphatic carbocycles. The number of hydrogen-bond acceptors (Lipinski definition) is 3. The minimum Gasteiger partial charge on any atom is -0.380 e. The standard InChI is InChI=1S/C20H34N2O/c1-4-5-15-23-16-14-21-10-12-22(13-11-21)17-19-6-8-20(9-7-19)18(2)3/h6-9,18H,4-5,10-17H2,1-3H3. The van der Waals surface area contributed by atoms with Crippen molar-refractivity contribution in [2.45, 2.75) is 46.1 Å². The van der Waals surface area contributed by atoms with Gasteiger partial charge in [-0.3, -0.25) is 9.80 Å². The van der Waals surface area contributed by atoms with Crippen LogP contribution in [0.5, 0.6) is 0 Å². The molecule has 0 radical (unpaired) electrons. The van der Waals surface area contributed by atoms with Crippen molar-refractivity contribution in [3.63, 3.8) is 0 Å². The zero-order valence-corrected chi connectivity index (χ0v) is 15.3. The first-order valence-corrected chi connectivity index (χ1v) is 9.30. The molecule has 1 heterocycles. The Morgan fingerprint density at radius 3 is 2.22 bits per heavy atom. The zero-order chi connectivity index (χ0) is 16.5. The molecule has 2 rings (SSSR count). The maximum absolute atomic E-state index is 5.67. The average Bonchev–Trinajstić information content (AvgIpc) is 2.57. The molecule has 0 aromatic heterocycles. The van der Waals surface area contributed by atoms with Crippen LogP contribution in [0.1, 0.15) is 50.7 Å². The van der Waals surface area contributed by atoms with E-state index in [9.17, 15) is 0 Å². The molecule has 3 heteroatoms. The van der Waals surface area contributed by atoms with Gasteiger partial charge in [-0.2, -0.15) is 0 Å². The molecule has 0 bridgehead atoms. The van der Waals surface area contributed by atoms with E-state index < -0.39 is 0 Å². The van der Waals surface area contributed by atoms with Gasteiger partial charge < -0.3 is 4.74 Å². The van der Waals surface area contributed by atoms with Gasteiger partial charge in [0.15, 0.2) is 0 Å². The number of rotatable bonds is 9. The summed E-state index contributed by atoms with van der Waals surface area (Å²) in [6.45, 7) is 15.4. The summed E-state index contributed by atoms with van der Waals surface area (Å²) in [5, 5.41) is 0. The molecule has 0 atom stereocenters. The summed E-state index contributed by atoms with van der Waals surface area (Å²) in [7, 11) is 0. The smallest absolute Gasteiger partial charge is 0.0593 e. The van der Waals surface area contributed by atoms with Crippen LogP contribution in [-0.2, 0) is 11.3 Å². The Hall–Kier alpha value is -0.900. The summed E-state index contributed by atoms with van der Waals surface area (Å²) in [4.78, 5) is 5.10. The third-order valence-electron chi connectivity index (χ3n) is 4.71. The highest BCUT2D eigenvalue weighted by Gasteiger charge is 2.16. The van der Waals surface area contributed by atoms with Crippen LogP contribution in [0.2, 0.25) is 0 Å². The van der Waals surface area contributed by atoms with Gasteiger partial charge in [0.1, 0.15) is 0 Å². The summed E-state index contributed by atoms with van der Waals surface area (Å²) in [5.41, 5.74) is 2.87. The van der Waals surface area contributed by atoms with Gasteiger partial charge in [-0.15, -0.1) is 0 Å². The van der Waals surface area contributed by atoms with E-state index in [0.29, 0.717) is 5.92 Å². The first-order chi connectivity index (χ1) is 11.2. The first kappa shape index (κ1) is 18.4. The summed E-state index contributed by atoms with van der Waals surface area (Å²) in [6, 6.07) is 9.15. The third kappa shape index (κ3) is 6.62. The normalized spacial score (nSPS) is 17.0. The Morgan fingerprint density at radius 2 is 1.61 bits per heavy atom. The molecule has 0 amide bonds. The van der Waals surface area contributed by atoms with Crippen molar-refractivity contribution in [2.24, 2.45) is 0 Å². The predicted octanol–water partition coefficient (Wildman–Crippen LogP) is 3.74. The lowest BCUT2D eigenvalue weighted by Crippen LogP contribution is -2.46. The largest absolute Gasteiger partial charge is 0.380 e. The van der Waals surface area contributed by atoms with Crippen LogP contribution in [0.4, 0.5) is 0 Å². The van der Waals surface area contributed by atoms with E-state index in [4.69, 9.17) is 4.74 Å². The molecule has 23 heavy (non-hydrogen) atoms. The summed E-state index contributed by atoms with van der Waals surface area (Å²) in [5.74, 6) is 0.618. The molecule has 1 aliphatic heterocycles. The second kappa shape index (κ2) is 10.1. The lowest BCUT2D eigenvalue weighted by molar-refractivity contribution is 0.0725. The second-order valence-electron chi connectivity index (χ2n) is 6.98. The van der Waals surface area contributed by atoms with Crippen LogP contribution in [0.25, 0.3) is 0 Å². The Kier molecular flexibility index (Phi) is 8.07. The zero-order valence-electron chi connectivity index (χ0n) is 15.3. The first-order valence-electron chi connectivity index (χ1n) is 9.30. The van der Waals surface area contributed by atoms with E-state index in [1.807, 2.05) is 0 Å². The van der Waals surface area contributed by atoms with Crippen LogP contribution >= 0.6 is 0 Å². The van der Waals surface area contributed by atoms with Crippen LogP contribution in [0, 0.1) is 0 Å². The van der Waals surface area contributed by atoms with Crippen molar-refractivity contribution in [3.05, 3.63) is 35.4 Å². The summed E-state index contributed by atoms with van der Waals surface area (Å²) >= 11 is 0. The average molecular weight is 319 g/mol. The van der Waals surface area contributed by atoms with Gasteiger partial charge >= 0.3 is 0 Å². The Labute approximate surface area is 142 Å². The van der Waals surface area contributed by atoms with E-state index in [-0.39, 0.29) is 0 Å². The summed E-state index contributed by atoms with van der Waals surface area (Å²) < 4.78 is 5.67. The topological polar surface area (TPSA) is 15.7 Å². The molecule has 0 unspecified atom stereocenters. The van der Waals surface area contributed by atoms with Gasteiger partial charge in [-0.1, -0.05) is 51.5 Å². The maximum atomic E-state index is 5.67. The fourth-order valence-electron chi connectivity index (χ4n) is 2.98. The van der Waals surface area contributed by atoms with E-state index in [0.717, 1.165) is 26.3 Å². The molecular weight excluding hydrogens is 284 g/mol. The van der Waals surface area contributed by atoms with Crippen molar-refractivity contribution in [1.82, 2.24) is 9.80 Å². The molecule has 1 aromatic carbocycles. The molecule has 130 valence electrons. The third-order valence-corrected chi connectivity index (χ3v) is 4.71. The van der Waals surface area contributed by atoms with Crippen molar-refractivity contribution >= 4 is 0 Å². The lowest BCUT2D eigenvalue weighted by Gasteiger charge is -2.34. The second-order valence-corrected chi connectivity index (χ2v) is 6.98. The minimum atomic E-state index is 0.618. The molecular formula is C20H34N2O. The van der Waals surface area contributed by atoms with Gasteiger partial charge in [0.2, 0.25) is 0 Å². The van der Waals surface area contributed by atoms with Crippen LogP contribution in [-0.4, -0.2) is 55.7 Å². The molecule has 1 saturated heterocycles. The lowest BCUT2D eigenvalue weighted by atomic mass is 10.0. The van der Waals surface area contributed by atoms with Crippen molar-refractivity contribution in [1.29, 1.82) is 0 Å². The highest BCUT2D eigenvalue weighted by molar-refractivity contribution is 5.24. The Morgan fingerprint density at radius 1 is 0.957 bits per heavy atom. The molecule has 1 aliphatic rings. The minimum absolute atomic E-state index is 0.618. The van der Waals surface area contributed by atoms with Crippen molar-refractivity contribution < 1.29 is 4.74 Å². The number of unbranched alkanes of at least 4 members (excludes halogenated alkanes) is 1. The fraction of sp³-hybridized carbons (Fsp3) is 0.700. The highest BCUT2D eigenvalue weighted by Crippen LogP contribution is 2.16. The molecule has 0 N–H and O–H groups in total. The van der Waals surface area contributed by atoms with E-state index >= 15 is 0 Å². The number of benzene rings is 1. The van der Waals surface area contributed by atoms with Gasteiger partial charge in [0.25, 0.3) is 0 Å². The SMILES string of the molecule is CCCCOCCN1CCN(Cc2ccc(C(C)C)cc2)CC1. The van der Waals surface area contributed by atoms with Gasteiger partial charge in [-0.25, -0.2) is 0 Å². The Balaban J connectivity index is 1.64. The van der Waals surface area contributed by atoms with Crippen molar-refractivity contribution in [3.8, 4) is 0 Å². The molecule has 1 aromatic rings. The van der Waals surface area contributed by atoms with E-state index in [1.165, 1.54) is 50.1 Å². The van der Waals surface area contributed by atoms with Gasteiger partial charge in [0.05, 0.1) is 6.61 Å². The maximum Gasteiger partial charge on any atom is 0.0593 e. The van der Waals surface area contributed by atoms with E-state index in [2.05, 4.69) is 54.8 Å². The van der Waals surface area contributed by atoms with Crippen LogP contribution < -0.4 is 0 Å². The molecule has 1 fully saturated rings. The molecule has 3 nitrogen and oxygen atoms in total. The quantitative estimate of drug-likeness (QED) is 0.645. The Bertz CT molecular complexity index is 422. The van der Waals surface area contributed by atoms with Gasteiger partial charge in [-0.05, 0) is 23.5 Å². The van der Waals surface area contributed by atoms with Crippen LogP contribution in [0.15, 0.2) is 24.3 Å². The summed E-state index contributed by atoms with van der Waals surface area (Å²) in [6.07, 6.45) is 2.40. The number of hydrogen-bond donors (Lipinski definition) is 0. The van der Waals surface area contributed by atoms with E-state index in [1.54, 1.807) is 0 Å².